The van der Waals surface area contributed by atoms with Gasteiger partial charge in [0.15, 0.2) is 0 Å². The molecule has 1 aliphatic rings. The maximum atomic E-state index is 12.9. The van der Waals surface area contributed by atoms with Crippen molar-refractivity contribution in [3.63, 3.8) is 0 Å². The maximum absolute atomic E-state index is 12.9. The van der Waals surface area contributed by atoms with Gasteiger partial charge in [-0.3, -0.25) is 14.9 Å². The van der Waals surface area contributed by atoms with Gasteiger partial charge in [0, 0.05) is 43.9 Å². The number of rotatable bonds is 4. The number of benzene rings is 2. The molecule has 1 aliphatic heterocycles. The van der Waals surface area contributed by atoms with Crippen molar-refractivity contribution in [1.82, 2.24) is 9.21 Å². The van der Waals surface area contributed by atoms with Crippen LogP contribution in [-0.2, 0) is 10.0 Å². The van der Waals surface area contributed by atoms with Gasteiger partial charge in [0.1, 0.15) is 0 Å². The quantitative estimate of drug-likeness (QED) is 0.576. The molecular weight excluding hydrogens is 382 g/mol. The van der Waals surface area contributed by atoms with E-state index in [1.54, 1.807) is 23.1 Å². The van der Waals surface area contributed by atoms with Gasteiger partial charge in [-0.2, -0.15) is 4.31 Å². The van der Waals surface area contributed by atoms with Crippen LogP contribution in [0.2, 0.25) is 0 Å². The first kappa shape index (κ1) is 20.0. The third-order valence-corrected chi connectivity index (χ3v) is 6.86. The first-order chi connectivity index (χ1) is 13.2. The number of sulfonamides is 1. The second-order valence-corrected chi connectivity index (χ2v) is 8.68. The summed E-state index contributed by atoms with van der Waals surface area (Å²) in [6, 6.07) is 10.5. The first-order valence-electron chi connectivity index (χ1n) is 8.81. The molecule has 0 bridgehead atoms. The number of piperazine rings is 1. The summed E-state index contributed by atoms with van der Waals surface area (Å²) >= 11 is 0. The van der Waals surface area contributed by atoms with Gasteiger partial charge in [0.25, 0.3) is 11.6 Å². The number of hydrogen-bond donors (Lipinski definition) is 0. The fraction of sp³-hybridized carbons (Fsp3) is 0.316. The highest BCUT2D eigenvalue weighted by Gasteiger charge is 2.30. The molecule has 9 heteroatoms. The number of nitrogens with zero attached hydrogens (tertiary/aromatic N) is 3. The van der Waals surface area contributed by atoms with E-state index in [1.807, 2.05) is 13.8 Å². The monoisotopic (exact) mass is 403 g/mol. The van der Waals surface area contributed by atoms with Crippen LogP contribution in [-0.4, -0.2) is 54.6 Å². The number of aryl methyl sites for hydroxylation is 2. The molecule has 0 saturated carbocycles. The second kappa shape index (κ2) is 7.69. The summed E-state index contributed by atoms with van der Waals surface area (Å²) in [4.78, 5) is 24.6. The minimum atomic E-state index is -3.61. The van der Waals surface area contributed by atoms with Gasteiger partial charge < -0.3 is 4.90 Å². The average Bonchev–Trinajstić information content (AvgIpc) is 2.69. The predicted octanol–water partition coefficient (Wildman–Crippen LogP) is 2.36. The largest absolute Gasteiger partial charge is 0.336 e. The molecule has 0 radical (unpaired) electrons. The first-order valence-corrected chi connectivity index (χ1v) is 10.3. The smallest absolute Gasteiger partial charge is 0.269 e. The Morgan fingerprint density at radius 3 is 2.11 bits per heavy atom. The molecule has 3 rings (SSSR count). The van der Waals surface area contributed by atoms with E-state index < -0.39 is 14.9 Å². The summed E-state index contributed by atoms with van der Waals surface area (Å²) in [6.45, 7) is 4.73. The molecule has 1 fully saturated rings. The maximum Gasteiger partial charge on any atom is 0.269 e. The van der Waals surface area contributed by atoms with E-state index in [0.717, 1.165) is 11.1 Å². The number of non-ortho nitro benzene ring substituents is 1. The molecule has 1 saturated heterocycles. The van der Waals surface area contributed by atoms with Gasteiger partial charge in [-0.25, -0.2) is 8.42 Å². The van der Waals surface area contributed by atoms with Gasteiger partial charge in [0.2, 0.25) is 10.0 Å². The van der Waals surface area contributed by atoms with Crippen molar-refractivity contribution in [3.05, 3.63) is 69.3 Å². The summed E-state index contributed by atoms with van der Waals surface area (Å²) in [7, 11) is -3.61. The highest BCUT2D eigenvalue weighted by atomic mass is 32.2. The van der Waals surface area contributed by atoms with Crippen LogP contribution in [0.15, 0.2) is 47.4 Å². The molecule has 148 valence electrons. The predicted molar refractivity (Wildman–Crippen MR) is 104 cm³/mol. The van der Waals surface area contributed by atoms with E-state index >= 15 is 0 Å². The van der Waals surface area contributed by atoms with Crippen LogP contribution in [0.5, 0.6) is 0 Å². The Morgan fingerprint density at radius 1 is 0.964 bits per heavy atom. The van der Waals surface area contributed by atoms with Crippen LogP contribution in [0.25, 0.3) is 0 Å². The van der Waals surface area contributed by atoms with Crippen LogP contribution in [0, 0.1) is 24.0 Å². The lowest BCUT2D eigenvalue weighted by molar-refractivity contribution is -0.384. The van der Waals surface area contributed by atoms with E-state index in [9.17, 15) is 23.3 Å². The molecule has 0 unspecified atom stereocenters. The third kappa shape index (κ3) is 3.90. The van der Waals surface area contributed by atoms with Crippen molar-refractivity contribution in [3.8, 4) is 0 Å². The van der Waals surface area contributed by atoms with Crippen molar-refractivity contribution >= 4 is 21.6 Å². The van der Waals surface area contributed by atoms with Gasteiger partial charge in [0.05, 0.1) is 9.82 Å². The van der Waals surface area contributed by atoms with Crippen LogP contribution in [0.3, 0.4) is 0 Å². The van der Waals surface area contributed by atoms with Gasteiger partial charge in [-0.15, -0.1) is 0 Å². The lowest BCUT2D eigenvalue weighted by Crippen LogP contribution is -2.50. The van der Waals surface area contributed by atoms with E-state index in [4.69, 9.17) is 0 Å². The van der Waals surface area contributed by atoms with Gasteiger partial charge in [-0.05, 0) is 49.2 Å². The molecule has 0 aromatic heterocycles. The molecule has 2 aromatic carbocycles. The van der Waals surface area contributed by atoms with Crippen molar-refractivity contribution in [2.45, 2.75) is 18.7 Å². The molecule has 8 nitrogen and oxygen atoms in total. The molecule has 2 aromatic rings. The zero-order chi connectivity index (χ0) is 20.5. The zero-order valence-corrected chi connectivity index (χ0v) is 16.5. The van der Waals surface area contributed by atoms with Crippen LogP contribution >= 0.6 is 0 Å². The standard InChI is InChI=1S/C19H21N3O5S/c1-14-3-8-18(13-15(14)2)28(26,27)21-11-9-20(10-12-21)19(23)16-4-6-17(7-5-16)22(24)25/h3-8,13H,9-12H2,1-2H3. The SMILES string of the molecule is Cc1ccc(S(=O)(=O)N2CCN(C(=O)c3ccc([N+](=O)[O-])cc3)CC2)cc1C. The van der Waals surface area contributed by atoms with E-state index in [1.165, 1.54) is 28.6 Å². The summed E-state index contributed by atoms with van der Waals surface area (Å²) in [6.07, 6.45) is 0. The van der Waals surface area contributed by atoms with Gasteiger partial charge in [-0.1, -0.05) is 6.07 Å². The molecule has 0 N–H and O–H groups in total. The molecule has 1 amide bonds. The Morgan fingerprint density at radius 2 is 1.57 bits per heavy atom. The average molecular weight is 403 g/mol. The summed E-state index contributed by atoms with van der Waals surface area (Å²) in [5.41, 5.74) is 2.20. The summed E-state index contributed by atoms with van der Waals surface area (Å²) in [5.74, 6) is -0.266. The topological polar surface area (TPSA) is 101 Å². The van der Waals surface area contributed by atoms with Crippen molar-refractivity contribution in [1.29, 1.82) is 0 Å². The van der Waals surface area contributed by atoms with Crippen molar-refractivity contribution in [2.75, 3.05) is 26.2 Å². The normalized spacial score (nSPS) is 15.4. The highest BCUT2D eigenvalue weighted by Crippen LogP contribution is 2.21. The second-order valence-electron chi connectivity index (χ2n) is 6.75. The summed E-state index contributed by atoms with van der Waals surface area (Å²) in [5, 5.41) is 10.7. The lowest BCUT2D eigenvalue weighted by Gasteiger charge is -2.34. The van der Waals surface area contributed by atoms with Crippen LogP contribution in [0.4, 0.5) is 5.69 Å². The Hall–Kier alpha value is -2.78. The minimum absolute atomic E-state index is 0.0825. The lowest BCUT2D eigenvalue weighted by atomic mass is 10.1. The van der Waals surface area contributed by atoms with E-state index in [2.05, 4.69) is 0 Å². The molecule has 0 atom stereocenters. The number of nitro groups is 1. The number of carbonyl (C=O) groups is 1. The molecule has 0 aliphatic carbocycles. The highest BCUT2D eigenvalue weighted by molar-refractivity contribution is 7.89. The third-order valence-electron chi connectivity index (χ3n) is 4.97. The minimum Gasteiger partial charge on any atom is -0.336 e. The Kier molecular flexibility index (Phi) is 5.48. The fourth-order valence-corrected chi connectivity index (χ4v) is 4.57. The zero-order valence-electron chi connectivity index (χ0n) is 15.7. The van der Waals surface area contributed by atoms with Crippen LogP contribution < -0.4 is 0 Å². The Balaban J connectivity index is 1.68. The number of hydrogen-bond acceptors (Lipinski definition) is 5. The van der Waals surface area contributed by atoms with Crippen LogP contribution in [0.1, 0.15) is 21.5 Å². The van der Waals surface area contributed by atoms with Gasteiger partial charge >= 0.3 is 0 Å². The van der Waals surface area contributed by atoms with Crippen molar-refractivity contribution in [2.24, 2.45) is 0 Å². The Labute approximate surface area is 163 Å². The molecular formula is C19H21N3O5S. The van der Waals surface area contributed by atoms with E-state index in [0.29, 0.717) is 5.56 Å². The number of amides is 1. The van der Waals surface area contributed by atoms with Crippen molar-refractivity contribution < 1.29 is 18.1 Å². The molecule has 1 heterocycles. The fourth-order valence-electron chi connectivity index (χ4n) is 3.06. The van der Waals surface area contributed by atoms with E-state index in [-0.39, 0.29) is 42.7 Å². The number of carbonyl (C=O) groups excluding carboxylic acids is 1. The Bertz CT molecular complexity index is 1010. The summed E-state index contributed by atoms with van der Waals surface area (Å²) < 4.78 is 27.1. The molecule has 0 spiro atoms. The number of nitro benzene ring substituents is 1. The molecule has 28 heavy (non-hydrogen) atoms.